The summed E-state index contributed by atoms with van der Waals surface area (Å²) in [5.41, 5.74) is 1.41. The quantitative estimate of drug-likeness (QED) is 0.855. The summed E-state index contributed by atoms with van der Waals surface area (Å²) in [6, 6.07) is 20.8. The zero-order valence-corrected chi connectivity index (χ0v) is 13.2. The molecule has 0 radical (unpaired) electrons. The molecule has 1 aliphatic rings. The SMILES string of the molecule is COC1(c2ccccc2)CSCC1(OC)c1ccccc1. The fourth-order valence-electron chi connectivity index (χ4n) is 3.30. The van der Waals surface area contributed by atoms with E-state index in [4.69, 9.17) is 9.47 Å². The molecular formula is C18H20O2S. The van der Waals surface area contributed by atoms with Crippen molar-refractivity contribution in [2.45, 2.75) is 11.2 Å². The first-order valence-corrected chi connectivity index (χ1v) is 8.24. The van der Waals surface area contributed by atoms with Crippen LogP contribution in [0, 0.1) is 0 Å². The van der Waals surface area contributed by atoms with Gasteiger partial charge >= 0.3 is 0 Å². The summed E-state index contributed by atoms with van der Waals surface area (Å²) < 4.78 is 12.2. The number of methoxy groups -OCH3 is 2. The van der Waals surface area contributed by atoms with Gasteiger partial charge in [0.2, 0.25) is 0 Å². The van der Waals surface area contributed by atoms with Gasteiger partial charge in [0.25, 0.3) is 0 Å². The van der Waals surface area contributed by atoms with Crippen LogP contribution in [0.5, 0.6) is 0 Å². The topological polar surface area (TPSA) is 18.5 Å². The largest absolute Gasteiger partial charge is 0.369 e. The van der Waals surface area contributed by atoms with Crippen molar-refractivity contribution in [3.63, 3.8) is 0 Å². The second kappa shape index (κ2) is 5.84. The minimum atomic E-state index is -0.463. The van der Waals surface area contributed by atoms with E-state index in [9.17, 15) is 0 Å². The molecule has 2 unspecified atom stereocenters. The van der Waals surface area contributed by atoms with Crippen molar-refractivity contribution in [2.75, 3.05) is 25.7 Å². The standard InChI is InChI=1S/C18H20O2S/c1-19-17(15-9-5-3-6-10-15)13-21-14-18(17,20-2)16-11-7-4-8-12-16/h3-12H,13-14H2,1-2H3. The highest BCUT2D eigenvalue weighted by Gasteiger charge is 2.58. The molecule has 0 amide bonds. The summed E-state index contributed by atoms with van der Waals surface area (Å²) in [5.74, 6) is 1.77. The summed E-state index contributed by atoms with van der Waals surface area (Å²) in [5, 5.41) is 0. The van der Waals surface area contributed by atoms with E-state index in [-0.39, 0.29) is 0 Å². The van der Waals surface area contributed by atoms with Crippen LogP contribution in [0.15, 0.2) is 60.7 Å². The maximum Gasteiger partial charge on any atom is 0.135 e. The van der Waals surface area contributed by atoms with Crippen molar-refractivity contribution < 1.29 is 9.47 Å². The Morgan fingerprint density at radius 2 is 1.10 bits per heavy atom. The summed E-state index contributed by atoms with van der Waals surface area (Å²) in [6.07, 6.45) is 0. The third kappa shape index (κ3) is 2.11. The summed E-state index contributed by atoms with van der Waals surface area (Å²) in [4.78, 5) is 0. The van der Waals surface area contributed by atoms with Gasteiger partial charge < -0.3 is 9.47 Å². The van der Waals surface area contributed by atoms with Crippen LogP contribution >= 0.6 is 11.8 Å². The minimum Gasteiger partial charge on any atom is -0.369 e. The molecule has 3 rings (SSSR count). The Labute approximate surface area is 130 Å². The first-order valence-electron chi connectivity index (χ1n) is 7.08. The zero-order chi connectivity index (χ0) is 14.8. The van der Waals surface area contributed by atoms with E-state index in [2.05, 4.69) is 48.5 Å². The number of hydrogen-bond donors (Lipinski definition) is 0. The van der Waals surface area contributed by atoms with Crippen molar-refractivity contribution in [3.8, 4) is 0 Å². The third-order valence-corrected chi connectivity index (χ3v) is 5.66. The predicted octanol–water partition coefficient (Wildman–Crippen LogP) is 3.82. The van der Waals surface area contributed by atoms with Gasteiger partial charge in [-0.2, -0.15) is 11.8 Å². The molecule has 3 heteroatoms. The van der Waals surface area contributed by atoms with Crippen LogP contribution in [0.3, 0.4) is 0 Å². The van der Waals surface area contributed by atoms with Crippen molar-refractivity contribution in [1.82, 2.24) is 0 Å². The molecule has 1 saturated heterocycles. The highest BCUT2D eigenvalue weighted by atomic mass is 32.2. The molecule has 2 nitrogen and oxygen atoms in total. The fourth-order valence-corrected chi connectivity index (χ4v) is 5.01. The number of thioether (sulfide) groups is 1. The van der Waals surface area contributed by atoms with E-state index in [1.807, 2.05) is 23.9 Å². The van der Waals surface area contributed by atoms with Crippen molar-refractivity contribution in [1.29, 1.82) is 0 Å². The average molecular weight is 300 g/mol. The molecule has 21 heavy (non-hydrogen) atoms. The van der Waals surface area contributed by atoms with E-state index in [1.54, 1.807) is 14.2 Å². The predicted molar refractivity (Wildman–Crippen MR) is 87.6 cm³/mol. The third-order valence-electron chi connectivity index (χ3n) is 4.44. The van der Waals surface area contributed by atoms with Crippen LogP contribution < -0.4 is 0 Å². The Balaban J connectivity index is 2.19. The Bertz CT molecular complexity index is 533. The molecule has 0 N–H and O–H groups in total. The highest BCUT2D eigenvalue weighted by molar-refractivity contribution is 7.99. The highest BCUT2D eigenvalue weighted by Crippen LogP contribution is 2.54. The van der Waals surface area contributed by atoms with Gasteiger partial charge in [0.1, 0.15) is 11.2 Å². The van der Waals surface area contributed by atoms with Gasteiger partial charge in [-0.1, -0.05) is 60.7 Å². The smallest absolute Gasteiger partial charge is 0.135 e. The van der Waals surface area contributed by atoms with Crippen LogP contribution in [0.2, 0.25) is 0 Å². The molecule has 1 fully saturated rings. The molecule has 110 valence electrons. The number of ether oxygens (including phenoxy) is 2. The molecule has 0 aliphatic carbocycles. The number of rotatable bonds is 4. The van der Waals surface area contributed by atoms with E-state index in [1.165, 1.54) is 11.1 Å². The molecule has 0 bridgehead atoms. The van der Waals surface area contributed by atoms with Crippen LogP contribution in [0.25, 0.3) is 0 Å². The minimum absolute atomic E-state index is 0.463. The van der Waals surface area contributed by atoms with E-state index in [0.717, 1.165) is 11.5 Å². The molecule has 0 saturated carbocycles. The molecule has 0 aromatic heterocycles. The lowest BCUT2D eigenvalue weighted by atomic mass is 9.75. The number of hydrogen-bond acceptors (Lipinski definition) is 3. The van der Waals surface area contributed by atoms with Crippen molar-refractivity contribution >= 4 is 11.8 Å². The Kier molecular flexibility index (Phi) is 4.07. The number of benzene rings is 2. The normalized spacial score (nSPS) is 28.7. The van der Waals surface area contributed by atoms with E-state index < -0.39 is 11.2 Å². The summed E-state index contributed by atoms with van der Waals surface area (Å²) in [7, 11) is 3.57. The zero-order valence-electron chi connectivity index (χ0n) is 12.4. The Morgan fingerprint density at radius 3 is 1.43 bits per heavy atom. The van der Waals surface area contributed by atoms with Gasteiger partial charge in [0.15, 0.2) is 0 Å². The Hall–Kier alpha value is -1.29. The fraction of sp³-hybridized carbons (Fsp3) is 0.333. The second-order valence-corrected chi connectivity index (χ2v) is 6.27. The first-order chi connectivity index (χ1) is 10.3. The Morgan fingerprint density at radius 1 is 0.714 bits per heavy atom. The van der Waals surface area contributed by atoms with Crippen LogP contribution in [-0.4, -0.2) is 25.7 Å². The van der Waals surface area contributed by atoms with Crippen molar-refractivity contribution in [2.24, 2.45) is 0 Å². The summed E-state index contributed by atoms with van der Waals surface area (Å²) >= 11 is 1.88. The van der Waals surface area contributed by atoms with Crippen LogP contribution in [0.1, 0.15) is 11.1 Å². The van der Waals surface area contributed by atoms with Crippen molar-refractivity contribution in [3.05, 3.63) is 71.8 Å². The van der Waals surface area contributed by atoms with E-state index >= 15 is 0 Å². The maximum absolute atomic E-state index is 6.10. The average Bonchev–Trinajstić information content (AvgIpc) is 2.97. The monoisotopic (exact) mass is 300 g/mol. The lowest BCUT2D eigenvalue weighted by Crippen LogP contribution is -2.51. The molecular weight excluding hydrogens is 280 g/mol. The summed E-state index contributed by atoms with van der Waals surface area (Å²) in [6.45, 7) is 0. The molecule has 2 aromatic carbocycles. The maximum atomic E-state index is 6.10. The second-order valence-electron chi connectivity index (χ2n) is 5.29. The molecule has 1 heterocycles. The van der Waals surface area contributed by atoms with Gasteiger partial charge in [0, 0.05) is 25.7 Å². The molecule has 1 aliphatic heterocycles. The van der Waals surface area contributed by atoms with Crippen LogP contribution in [-0.2, 0) is 20.7 Å². The van der Waals surface area contributed by atoms with Gasteiger partial charge in [0.05, 0.1) is 0 Å². The molecule has 2 atom stereocenters. The molecule has 0 spiro atoms. The van der Waals surface area contributed by atoms with E-state index in [0.29, 0.717) is 0 Å². The molecule has 2 aromatic rings. The lowest BCUT2D eigenvalue weighted by Gasteiger charge is -2.44. The first kappa shape index (κ1) is 14.6. The van der Waals surface area contributed by atoms with Gasteiger partial charge in [-0.05, 0) is 11.1 Å². The lowest BCUT2D eigenvalue weighted by molar-refractivity contribution is -0.168. The van der Waals surface area contributed by atoms with Gasteiger partial charge in [-0.15, -0.1) is 0 Å². The van der Waals surface area contributed by atoms with Crippen LogP contribution in [0.4, 0.5) is 0 Å². The van der Waals surface area contributed by atoms with Gasteiger partial charge in [-0.25, -0.2) is 0 Å². The van der Waals surface area contributed by atoms with Gasteiger partial charge in [-0.3, -0.25) is 0 Å².